The van der Waals surface area contributed by atoms with Gasteiger partial charge in [-0.1, -0.05) is 12.2 Å². The maximum absolute atomic E-state index is 13.2. The Morgan fingerprint density at radius 2 is 2.22 bits per heavy atom. The minimum absolute atomic E-state index is 0.0404. The summed E-state index contributed by atoms with van der Waals surface area (Å²) in [5.41, 5.74) is 2.21. The van der Waals surface area contributed by atoms with Crippen molar-refractivity contribution in [1.29, 1.82) is 0 Å². The van der Waals surface area contributed by atoms with Gasteiger partial charge >= 0.3 is 0 Å². The molecule has 4 rings (SSSR count). The Labute approximate surface area is 138 Å². The molecule has 0 radical (unpaired) electrons. The molecule has 4 nitrogen and oxygen atoms in total. The molecule has 0 aliphatic carbocycles. The molecule has 2 aromatic rings. The third-order valence-corrected chi connectivity index (χ3v) is 5.52. The molecule has 2 aliphatic heterocycles. The van der Waals surface area contributed by atoms with Crippen LogP contribution < -0.4 is 5.56 Å². The Balaban J connectivity index is 1.82. The molecule has 23 heavy (non-hydrogen) atoms. The van der Waals surface area contributed by atoms with Crippen LogP contribution in [-0.4, -0.2) is 27.5 Å². The minimum atomic E-state index is -0.0933. The van der Waals surface area contributed by atoms with Crippen molar-refractivity contribution in [3.05, 3.63) is 57.2 Å². The standard InChI is InChI=1S/C18H18N2O2S/c1-19-10-16(15(9-17(19)21)12-7-8-23-11-12)18(22)20-13-3-2-4-14(20)6-5-13/h2-3,7-11,13-14H,4-6H2,1H3. The molecule has 1 fully saturated rings. The number of hydrogen-bond acceptors (Lipinski definition) is 3. The first-order chi connectivity index (χ1) is 11.1. The Morgan fingerprint density at radius 1 is 1.35 bits per heavy atom. The van der Waals surface area contributed by atoms with Crippen LogP contribution in [0.25, 0.3) is 11.1 Å². The van der Waals surface area contributed by atoms with E-state index in [-0.39, 0.29) is 17.5 Å². The Kier molecular flexibility index (Phi) is 3.45. The molecule has 5 heteroatoms. The molecule has 0 aromatic carbocycles. The van der Waals surface area contributed by atoms with E-state index in [2.05, 4.69) is 12.2 Å². The van der Waals surface area contributed by atoms with Gasteiger partial charge in [0, 0.05) is 30.9 Å². The third-order valence-electron chi connectivity index (χ3n) is 4.84. The third kappa shape index (κ3) is 2.36. The van der Waals surface area contributed by atoms with Crippen LogP contribution in [0.1, 0.15) is 29.6 Å². The van der Waals surface area contributed by atoms with E-state index in [1.54, 1.807) is 30.6 Å². The average molecular weight is 326 g/mol. The predicted molar refractivity (Wildman–Crippen MR) is 91.7 cm³/mol. The predicted octanol–water partition coefficient (Wildman–Crippen LogP) is 3.05. The lowest BCUT2D eigenvalue weighted by molar-refractivity contribution is 0.0689. The number of fused-ring (bicyclic) bond motifs is 2. The average Bonchev–Trinajstić information content (AvgIpc) is 3.15. The first-order valence-electron chi connectivity index (χ1n) is 7.88. The van der Waals surface area contributed by atoms with Gasteiger partial charge in [-0.2, -0.15) is 11.3 Å². The zero-order valence-electron chi connectivity index (χ0n) is 12.9. The highest BCUT2D eigenvalue weighted by Crippen LogP contribution is 2.34. The van der Waals surface area contributed by atoms with E-state index in [9.17, 15) is 9.59 Å². The van der Waals surface area contributed by atoms with E-state index in [1.165, 1.54) is 4.57 Å². The van der Waals surface area contributed by atoms with Crippen LogP contribution in [0.3, 0.4) is 0 Å². The van der Waals surface area contributed by atoms with Gasteiger partial charge in [0.15, 0.2) is 0 Å². The van der Waals surface area contributed by atoms with Crippen molar-refractivity contribution in [2.75, 3.05) is 0 Å². The van der Waals surface area contributed by atoms with E-state index in [0.29, 0.717) is 11.6 Å². The van der Waals surface area contributed by atoms with Crippen LogP contribution in [0.4, 0.5) is 0 Å². The topological polar surface area (TPSA) is 42.3 Å². The summed E-state index contributed by atoms with van der Waals surface area (Å²) in [6.07, 6.45) is 9.05. The van der Waals surface area contributed by atoms with Crippen LogP contribution in [0, 0.1) is 0 Å². The van der Waals surface area contributed by atoms with Gasteiger partial charge in [-0.05, 0) is 41.7 Å². The number of carbonyl (C=O) groups excluding carboxylic acids is 1. The van der Waals surface area contributed by atoms with Gasteiger partial charge in [-0.25, -0.2) is 0 Å². The van der Waals surface area contributed by atoms with Gasteiger partial charge in [0.05, 0.1) is 11.6 Å². The van der Waals surface area contributed by atoms with Crippen molar-refractivity contribution in [3.63, 3.8) is 0 Å². The number of hydrogen-bond donors (Lipinski definition) is 0. The molecule has 2 atom stereocenters. The zero-order chi connectivity index (χ0) is 16.0. The first kappa shape index (κ1) is 14.5. The largest absolute Gasteiger partial charge is 0.329 e. The second-order valence-electron chi connectivity index (χ2n) is 6.24. The van der Waals surface area contributed by atoms with Crippen molar-refractivity contribution in [2.24, 2.45) is 7.05 Å². The van der Waals surface area contributed by atoms with Crippen molar-refractivity contribution in [3.8, 4) is 11.1 Å². The monoisotopic (exact) mass is 326 g/mol. The number of rotatable bonds is 2. The van der Waals surface area contributed by atoms with Gasteiger partial charge in [-0.3, -0.25) is 9.59 Å². The summed E-state index contributed by atoms with van der Waals surface area (Å²) in [7, 11) is 1.70. The molecule has 118 valence electrons. The zero-order valence-corrected chi connectivity index (χ0v) is 13.8. The molecule has 0 spiro atoms. The summed E-state index contributed by atoms with van der Waals surface area (Å²) < 4.78 is 1.49. The molecule has 1 saturated heterocycles. The van der Waals surface area contributed by atoms with Crippen LogP contribution >= 0.6 is 11.3 Å². The summed E-state index contributed by atoms with van der Waals surface area (Å²) >= 11 is 1.57. The fourth-order valence-electron chi connectivity index (χ4n) is 3.64. The normalized spacial score (nSPS) is 22.6. The highest BCUT2D eigenvalue weighted by Gasteiger charge is 2.38. The van der Waals surface area contributed by atoms with Gasteiger partial charge in [0.1, 0.15) is 0 Å². The summed E-state index contributed by atoms with van der Waals surface area (Å²) in [5, 5.41) is 3.95. The van der Waals surface area contributed by atoms with E-state index in [1.807, 2.05) is 21.7 Å². The van der Waals surface area contributed by atoms with Crippen molar-refractivity contribution >= 4 is 17.2 Å². The number of thiophene rings is 1. The molecule has 2 aliphatic rings. The van der Waals surface area contributed by atoms with E-state index in [4.69, 9.17) is 0 Å². The van der Waals surface area contributed by atoms with Crippen LogP contribution in [0.15, 0.2) is 46.0 Å². The molecule has 2 bridgehead atoms. The molecule has 1 amide bonds. The Morgan fingerprint density at radius 3 is 2.96 bits per heavy atom. The van der Waals surface area contributed by atoms with Gasteiger partial charge in [0.25, 0.3) is 11.5 Å². The molecule has 0 N–H and O–H groups in total. The van der Waals surface area contributed by atoms with E-state index >= 15 is 0 Å². The molecule has 2 unspecified atom stereocenters. The van der Waals surface area contributed by atoms with Crippen molar-refractivity contribution < 1.29 is 4.79 Å². The summed E-state index contributed by atoms with van der Waals surface area (Å²) in [6.45, 7) is 0. The lowest BCUT2D eigenvalue weighted by atomic mass is 10.0. The van der Waals surface area contributed by atoms with Gasteiger partial charge < -0.3 is 9.47 Å². The Bertz CT molecular complexity index is 835. The van der Waals surface area contributed by atoms with Gasteiger partial charge in [0.2, 0.25) is 0 Å². The SMILES string of the molecule is Cn1cc(C(=O)N2C3C=CCC2CC3)c(-c2ccsc2)cc1=O. The quantitative estimate of drug-likeness (QED) is 0.796. The summed E-state index contributed by atoms with van der Waals surface area (Å²) in [5.74, 6) is 0.0404. The second-order valence-corrected chi connectivity index (χ2v) is 7.02. The van der Waals surface area contributed by atoms with Crippen molar-refractivity contribution in [2.45, 2.75) is 31.3 Å². The summed E-state index contributed by atoms with van der Waals surface area (Å²) in [6, 6.07) is 4.04. The number of carbonyl (C=O) groups is 1. The summed E-state index contributed by atoms with van der Waals surface area (Å²) in [4.78, 5) is 27.3. The van der Waals surface area contributed by atoms with Crippen molar-refractivity contribution in [1.82, 2.24) is 9.47 Å². The van der Waals surface area contributed by atoms with Crippen LogP contribution in [0.5, 0.6) is 0 Å². The number of nitrogens with zero attached hydrogens (tertiary/aromatic N) is 2. The molecular weight excluding hydrogens is 308 g/mol. The smallest absolute Gasteiger partial charge is 0.256 e. The fraction of sp³-hybridized carbons (Fsp3) is 0.333. The molecule has 4 heterocycles. The molecular formula is C18H18N2O2S. The van der Waals surface area contributed by atoms with Gasteiger partial charge in [-0.15, -0.1) is 0 Å². The number of aryl methyl sites for hydroxylation is 1. The highest BCUT2D eigenvalue weighted by atomic mass is 32.1. The highest BCUT2D eigenvalue weighted by molar-refractivity contribution is 7.08. The van der Waals surface area contributed by atoms with Crippen LogP contribution in [0.2, 0.25) is 0 Å². The molecule has 2 aromatic heterocycles. The molecule has 0 saturated carbocycles. The van der Waals surface area contributed by atoms with Crippen LogP contribution in [-0.2, 0) is 7.05 Å². The Hall–Kier alpha value is -2.14. The lowest BCUT2D eigenvalue weighted by Crippen LogP contribution is -2.42. The second kappa shape index (κ2) is 5.49. The van der Waals surface area contributed by atoms with E-state index in [0.717, 1.165) is 30.4 Å². The fourth-order valence-corrected chi connectivity index (χ4v) is 4.29. The maximum Gasteiger partial charge on any atom is 0.256 e. The number of pyridine rings is 1. The maximum atomic E-state index is 13.2. The number of amides is 1. The first-order valence-corrected chi connectivity index (χ1v) is 8.82. The lowest BCUT2D eigenvalue weighted by Gasteiger charge is -2.32. The minimum Gasteiger partial charge on any atom is -0.329 e. The van der Waals surface area contributed by atoms with E-state index < -0.39 is 0 Å². The number of aromatic nitrogens is 1.